The normalized spacial score (nSPS) is 12.8. The molecule has 0 atom stereocenters. The minimum absolute atomic E-state index is 0.00703. The Bertz CT molecular complexity index is 1060. The number of nitrogens with zero attached hydrogens (tertiary/aromatic N) is 2. The second kappa shape index (κ2) is 7.56. The molecule has 4 nitrogen and oxygen atoms in total. The van der Waals surface area contributed by atoms with Crippen LogP contribution in [0.3, 0.4) is 0 Å². The quantitative estimate of drug-likeness (QED) is 0.683. The first-order valence-corrected chi connectivity index (χ1v) is 9.14. The molecule has 0 unspecified atom stereocenters. The van der Waals surface area contributed by atoms with Crippen LogP contribution < -0.4 is 10.2 Å². The zero-order chi connectivity index (χ0) is 19.7. The van der Waals surface area contributed by atoms with Crippen LogP contribution in [0.25, 0.3) is 0 Å². The van der Waals surface area contributed by atoms with E-state index in [1.165, 1.54) is 0 Å². The molecule has 0 bridgehead atoms. The molecular weight excluding hydrogens is 384 g/mol. The van der Waals surface area contributed by atoms with Gasteiger partial charge in [-0.05, 0) is 60.5 Å². The van der Waals surface area contributed by atoms with Gasteiger partial charge in [-0.25, -0.2) is 13.8 Å². The van der Waals surface area contributed by atoms with E-state index in [-0.39, 0.29) is 18.0 Å². The van der Waals surface area contributed by atoms with Crippen LogP contribution >= 0.6 is 11.6 Å². The molecule has 0 fully saturated rings. The second-order valence-electron chi connectivity index (χ2n) is 6.47. The van der Waals surface area contributed by atoms with Gasteiger partial charge in [0.15, 0.2) is 0 Å². The molecular formula is C21H16ClF2N3O. The maximum atomic E-state index is 13.9. The SMILES string of the molecule is O=C(c1cccnc1NCc1cc(F)ccc1F)N1CCc2cc(Cl)ccc21. The van der Waals surface area contributed by atoms with Gasteiger partial charge in [0.25, 0.3) is 5.91 Å². The standard InChI is InChI=1S/C21H16ClF2N3O/c22-15-3-6-19-13(10-15)7-9-27(19)21(28)17-2-1-8-25-20(17)26-12-14-11-16(23)4-5-18(14)24/h1-6,8,10-11H,7,9,12H2,(H,25,26). The van der Waals surface area contributed by atoms with Gasteiger partial charge in [0.05, 0.1) is 5.56 Å². The van der Waals surface area contributed by atoms with Crippen molar-refractivity contribution in [2.24, 2.45) is 0 Å². The third-order valence-corrected chi connectivity index (χ3v) is 4.91. The largest absolute Gasteiger partial charge is 0.365 e. The smallest absolute Gasteiger partial charge is 0.262 e. The van der Waals surface area contributed by atoms with Crippen LogP contribution in [0.1, 0.15) is 21.5 Å². The van der Waals surface area contributed by atoms with Gasteiger partial charge in [0.1, 0.15) is 17.5 Å². The van der Waals surface area contributed by atoms with Crippen molar-refractivity contribution < 1.29 is 13.6 Å². The molecule has 0 aliphatic carbocycles. The number of halogens is 3. The summed E-state index contributed by atoms with van der Waals surface area (Å²) in [6, 6.07) is 12.0. The van der Waals surface area contributed by atoms with E-state index in [1.54, 1.807) is 29.3 Å². The summed E-state index contributed by atoms with van der Waals surface area (Å²) < 4.78 is 27.2. The lowest BCUT2D eigenvalue weighted by atomic mass is 10.1. The van der Waals surface area contributed by atoms with E-state index in [0.29, 0.717) is 22.9 Å². The number of carbonyl (C=O) groups excluding carboxylic acids is 1. The molecule has 0 radical (unpaired) electrons. The van der Waals surface area contributed by atoms with Crippen molar-refractivity contribution in [1.82, 2.24) is 4.98 Å². The summed E-state index contributed by atoms with van der Waals surface area (Å²) >= 11 is 6.04. The van der Waals surface area contributed by atoms with Gasteiger partial charge < -0.3 is 10.2 Å². The van der Waals surface area contributed by atoms with Gasteiger partial charge >= 0.3 is 0 Å². The molecule has 0 saturated carbocycles. The second-order valence-corrected chi connectivity index (χ2v) is 6.91. The highest BCUT2D eigenvalue weighted by atomic mass is 35.5. The Labute approximate surface area is 165 Å². The molecule has 28 heavy (non-hydrogen) atoms. The molecule has 1 amide bonds. The van der Waals surface area contributed by atoms with Crippen molar-refractivity contribution in [2.75, 3.05) is 16.8 Å². The summed E-state index contributed by atoms with van der Waals surface area (Å²) in [4.78, 5) is 19.0. The predicted molar refractivity (Wildman–Crippen MR) is 105 cm³/mol. The third kappa shape index (κ3) is 3.55. The van der Waals surface area contributed by atoms with Crippen LogP contribution in [0.4, 0.5) is 20.3 Å². The molecule has 7 heteroatoms. The van der Waals surface area contributed by atoms with Gasteiger partial charge in [-0.15, -0.1) is 0 Å². The number of carbonyl (C=O) groups is 1. The van der Waals surface area contributed by atoms with Crippen LogP contribution in [-0.4, -0.2) is 17.4 Å². The van der Waals surface area contributed by atoms with E-state index in [1.807, 2.05) is 12.1 Å². The van der Waals surface area contributed by atoms with Gasteiger partial charge in [-0.3, -0.25) is 4.79 Å². The maximum Gasteiger partial charge on any atom is 0.262 e. The molecule has 3 aromatic rings. The first-order chi connectivity index (χ1) is 13.5. The number of rotatable bonds is 4. The number of anilines is 2. The molecule has 0 saturated heterocycles. The Morgan fingerprint density at radius 1 is 1.18 bits per heavy atom. The van der Waals surface area contributed by atoms with E-state index in [9.17, 15) is 13.6 Å². The van der Waals surface area contributed by atoms with Crippen LogP contribution in [0.15, 0.2) is 54.7 Å². The Morgan fingerprint density at radius 2 is 2.04 bits per heavy atom. The van der Waals surface area contributed by atoms with Gasteiger partial charge in [0, 0.05) is 35.6 Å². The Hall–Kier alpha value is -2.99. The van der Waals surface area contributed by atoms with Gasteiger partial charge in [-0.2, -0.15) is 0 Å². The van der Waals surface area contributed by atoms with E-state index >= 15 is 0 Å². The van der Waals surface area contributed by atoms with E-state index < -0.39 is 11.6 Å². The van der Waals surface area contributed by atoms with Crippen molar-refractivity contribution >= 4 is 29.0 Å². The first-order valence-electron chi connectivity index (χ1n) is 8.76. The number of pyridine rings is 1. The lowest BCUT2D eigenvalue weighted by Crippen LogP contribution is -2.29. The van der Waals surface area contributed by atoms with Crippen molar-refractivity contribution in [3.63, 3.8) is 0 Å². The van der Waals surface area contributed by atoms with Crippen molar-refractivity contribution in [3.05, 3.63) is 88.1 Å². The minimum Gasteiger partial charge on any atom is -0.365 e. The predicted octanol–water partition coefficient (Wildman–Crippen LogP) is 4.83. The van der Waals surface area contributed by atoms with Crippen LogP contribution in [0, 0.1) is 11.6 Å². The lowest BCUT2D eigenvalue weighted by Gasteiger charge is -2.19. The monoisotopic (exact) mass is 399 g/mol. The first kappa shape index (κ1) is 18.4. The Balaban J connectivity index is 1.58. The minimum atomic E-state index is -0.525. The average molecular weight is 400 g/mol. The topological polar surface area (TPSA) is 45.2 Å². The fourth-order valence-electron chi connectivity index (χ4n) is 3.30. The van der Waals surface area contributed by atoms with Crippen LogP contribution in [0.5, 0.6) is 0 Å². The summed E-state index contributed by atoms with van der Waals surface area (Å²) in [6.45, 7) is 0.550. The molecule has 4 rings (SSSR count). The van der Waals surface area contributed by atoms with Crippen LogP contribution in [0.2, 0.25) is 5.02 Å². The molecule has 0 spiro atoms. The van der Waals surface area contributed by atoms with Gasteiger partial charge in [-0.1, -0.05) is 11.6 Å². The molecule has 1 aliphatic rings. The van der Waals surface area contributed by atoms with Crippen molar-refractivity contribution in [1.29, 1.82) is 0 Å². The highest BCUT2D eigenvalue weighted by molar-refractivity contribution is 6.30. The Kier molecular flexibility index (Phi) is 4.96. The van der Waals surface area contributed by atoms with E-state index in [2.05, 4.69) is 10.3 Å². The third-order valence-electron chi connectivity index (χ3n) is 4.67. The summed E-state index contributed by atoms with van der Waals surface area (Å²) in [6.07, 6.45) is 2.26. The number of amides is 1. The molecule has 2 heterocycles. The number of hydrogen-bond acceptors (Lipinski definition) is 3. The van der Waals surface area contributed by atoms with Crippen molar-refractivity contribution in [2.45, 2.75) is 13.0 Å². The fraction of sp³-hybridized carbons (Fsp3) is 0.143. The number of hydrogen-bond donors (Lipinski definition) is 1. The molecule has 1 aliphatic heterocycles. The maximum absolute atomic E-state index is 13.9. The number of fused-ring (bicyclic) bond motifs is 1. The summed E-state index contributed by atoms with van der Waals surface area (Å²) in [5, 5.41) is 3.58. The lowest BCUT2D eigenvalue weighted by molar-refractivity contribution is 0.0990. The van der Waals surface area contributed by atoms with Gasteiger partial charge in [0.2, 0.25) is 0 Å². The molecule has 1 N–H and O–H groups in total. The molecule has 1 aromatic heterocycles. The molecule has 142 valence electrons. The number of nitrogens with one attached hydrogen (secondary N) is 1. The molecule has 2 aromatic carbocycles. The zero-order valence-electron chi connectivity index (χ0n) is 14.8. The fourth-order valence-corrected chi connectivity index (χ4v) is 3.50. The number of aromatic nitrogens is 1. The van der Waals surface area contributed by atoms with Crippen LogP contribution in [-0.2, 0) is 13.0 Å². The van der Waals surface area contributed by atoms with E-state index in [0.717, 1.165) is 35.9 Å². The van der Waals surface area contributed by atoms with E-state index in [4.69, 9.17) is 11.6 Å². The summed E-state index contributed by atoms with van der Waals surface area (Å²) in [5.74, 6) is -0.944. The highest BCUT2D eigenvalue weighted by Gasteiger charge is 2.27. The summed E-state index contributed by atoms with van der Waals surface area (Å²) in [7, 11) is 0. The summed E-state index contributed by atoms with van der Waals surface area (Å²) in [5.41, 5.74) is 2.36. The van der Waals surface area contributed by atoms with Crippen molar-refractivity contribution in [3.8, 4) is 0 Å². The zero-order valence-corrected chi connectivity index (χ0v) is 15.5. The number of benzene rings is 2. The average Bonchev–Trinajstić information content (AvgIpc) is 3.11. The highest BCUT2D eigenvalue weighted by Crippen LogP contribution is 2.32. The Morgan fingerprint density at radius 3 is 2.89 bits per heavy atom.